The van der Waals surface area contributed by atoms with E-state index in [9.17, 15) is 9.59 Å². The molecule has 1 aliphatic rings. The van der Waals surface area contributed by atoms with Crippen LogP contribution in [-0.2, 0) is 4.79 Å². The first-order valence-corrected chi connectivity index (χ1v) is 6.84. The third-order valence-electron chi connectivity index (χ3n) is 3.11. The lowest BCUT2D eigenvalue weighted by molar-refractivity contribution is -0.119. The number of rotatable bonds is 5. The molecule has 2 aromatic carbocycles. The van der Waals surface area contributed by atoms with Crippen molar-refractivity contribution in [2.75, 3.05) is 18.7 Å². The van der Waals surface area contributed by atoms with Crippen molar-refractivity contribution < 1.29 is 23.8 Å². The number of carbonyl (C=O) groups is 2. The number of fused-ring (bicyclic) bond motifs is 1. The topological polar surface area (TPSA) is 99.9 Å². The fraction of sp³-hybridized carbons (Fsp3) is 0.125. The molecule has 0 radical (unpaired) electrons. The average molecular weight is 314 g/mol. The second kappa shape index (κ2) is 6.27. The fourth-order valence-corrected chi connectivity index (χ4v) is 2.06. The van der Waals surface area contributed by atoms with Gasteiger partial charge < -0.3 is 25.3 Å². The summed E-state index contributed by atoms with van der Waals surface area (Å²) in [7, 11) is 0. The van der Waals surface area contributed by atoms with Crippen LogP contribution in [0.25, 0.3) is 0 Å². The Labute approximate surface area is 131 Å². The minimum Gasteiger partial charge on any atom is -0.484 e. The van der Waals surface area contributed by atoms with Crippen LogP contribution in [0.1, 0.15) is 10.4 Å². The van der Waals surface area contributed by atoms with Gasteiger partial charge in [0.25, 0.3) is 11.8 Å². The molecular weight excluding hydrogens is 300 g/mol. The highest BCUT2D eigenvalue weighted by Crippen LogP contribution is 2.32. The predicted molar refractivity (Wildman–Crippen MR) is 81.6 cm³/mol. The largest absolute Gasteiger partial charge is 0.484 e. The Kier molecular flexibility index (Phi) is 4.01. The number of primary amides is 1. The summed E-state index contributed by atoms with van der Waals surface area (Å²) in [5, 5.41) is 2.75. The Balaban J connectivity index is 1.70. The zero-order valence-corrected chi connectivity index (χ0v) is 12.1. The van der Waals surface area contributed by atoms with Crippen molar-refractivity contribution in [3.8, 4) is 17.2 Å². The number of hydrogen-bond acceptors (Lipinski definition) is 5. The number of hydrogen-bond donors (Lipinski definition) is 2. The van der Waals surface area contributed by atoms with Crippen LogP contribution < -0.4 is 25.3 Å². The Morgan fingerprint density at radius 2 is 1.96 bits per heavy atom. The normalized spacial score (nSPS) is 11.8. The number of benzene rings is 2. The van der Waals surface area contributed by atoms with Gasteiger partial charge >= 0.3 is 0 Å². The molecule has 1 aliphatic heterocycles. The summed E-state index contributed by atoms with van der Waals surface area (Å²) in [6, 6.07) is 11.6. The van der Waals surface area contributed by atoms with Crippen LogP contribution in [0.5, 0.6) is 17.2 Å². The lowest BCUT2D eigenvalue weighted by Gasteiger charge is -2.08. The summed E-state index contributed by atoms with van der Waals surface area (Å²) < 4.78 is 15.6. The van der Waals surface area contributed by atoms with Crippen molar-refractivity contribution in [2.45, 2.75) is 0 Å². The minimum atomic E-state index is -0.570. The van der Waals surface area contributed by atoms with Gasteiger partial charge in [-0.15, -0.1) is 0 Å². The molecule has 0 bridgehead atoms. The lowest BCUT2D eigenvalue weighted by Crippen LogP contribution is -2.20. The first-order chi connectivity index (χ1) is 11.1. The monoisotopic (exact) mass is 314 g/mol. The first kappa shape index (κ1) is 14.7. The van der Waals surface area contributed by atoms with Crippen LogP contribution in [0.2, 0.25) is 0 Å². The van der Waals surface area contributed by atoms with Gasteiger partial charge in [-0.3, -0.25) is 9.59 Å². The Hall–Kier alpha value is -3.22. The molecule has 118 valence electrons. The Bertz CT molecular complexity index is 760. The van der Waals surface area contributed by atoms with Gasteiger partial charge in [-0.1, -0.05) is 6.07 Å². The van der Waals surface area contributed by atoms with Crippen molar-refractivity contribution in [1.29, 1.82) is 0 Å². The SMILES string of the molecule is NC(=O)COc1cccc(NC(=O)c2ccc3c(c2)OCO3)c1. The number of nitrogens with one attached hydrogen (secondary N) is 1. The van der Waals surface area contributed by atoms with E-state index in [0.29, 0.717) is 28.5 Å². The fourth-order valence-electron chi connectivity index (χ4n) is 2.06. The molecule has 0 saturated carbocycles. The third-order valence-corrected chi connectivity index (χ3v) is 3.11. The molecule has 2 aromatic rings. The van der Waals surface area contributed by atoms with Gasteiger partial charge in [-0.25, -0.2) is 0 Å². The van der Waals surface area contributed by atoms with Crippen LogP contribution >= 0.6 is 0 Å². The zero-order chi connectivity index (χ0) is 16.2. The summed E-state index contributed by atoms with van der Waals surface area (Å²) >= 11 is 0. The van der Waals surface area contributed by atoms with E-state index in [1.165, 1.54) is 0 Å². The van der Waals surface area contributed by atoms with Crippen LogP contribution in [-0.4, -0.2) is 25.2 Å². The molecule has 0 fully saturated rings. The zero-order valence-electron chi connectivity index (χ0n) is 12.1. The summed E-state index contributed by atoms with van der Waals surface area (Å²) in [6.45, 7) is -0.0702. The quantitative estimate of drug-likeness (QED) is 0.872. The van der Waals surface area contributed by atoms with Crippen molar-refractivity contribution in [1.82, 2.24) is 0 Å². The molecule has 7 nitrogen and oxygen atoms in total. The Morgan fingerprint density at radius 3 is 2.78 bits per heavy atom. The summed E-state index contributed by atoms with van der Waals surface area (Å²) in [6.07, 6.45) is 0. The van der Waals surface area contributed by atoms with E-state index in [-0.39, 0.29) is 19.3 Å². The molecule has 0 atom stereocenters. The second-order valence-corrected chi connectivity index (χ2v) is 4.80. The molecule has 0 saturated heterocycles. The van der Waals surface area contributed by atoms with Crippen molar-refractivity contribution in [2.24, 2.45) is 5.73 Å². The highest BCUT2D eigenvalue weighted by atomic mass is 16.7. The average Bonchev–Trinajstić information content (AvgIpc) is 3.00. The molecular formula is C16H14N2O5. The number of anilines is 1. The maximum Gasteiger partial charge on any atom is 0.255 e. The van der Waals surface area contributed by atoms with Gasteiger partial charge in [0.2, 0.25) is 6.79 Å². The molecule has 23 heavy (non-hydrogen) atoms. The molecule has 2 amide bonds. The second-order valence-electron chi connectivity index (χ2n) is 4.80. The van der Waals surface area contributed by atoms with E-state index in [1.54, 1.807) is 42.5 Å². The number of nitrogens with two attached hydrogens (primary N) is 1. The van der Waals surface area contributed by atoms with E-state index in [0.717, 1.165) is 0 Å². The van der Waals surface area contributed by atoms with Gasteiger partial charge in [-0.2, -0.15) is 0 Å². The van der Waals surface area contributed by atoms with E-state index in [1.807, 2.05) is 0 Å². The standard InChI is InChI=1S/C16H14N2O5/c17-15(19)8-21-12-3-1-2-11(7-12)18-16(20)10-4-5-13-14(6-10)23-9-22-13/h1-7H,8-9H2,(H2,17,19)(H,18,20). The van der Waals surface area contributed by atoms with Gasteiger partial charge in [0.15, 0.2) is 18.1 Å². The molecule has 0 aromatic heterocycles. The van der Waals surface area contributed by atoms with E-state index < -0.39 is 5.91 Å². The molecule has 1 heterocycles. The molecule has 3 N–H and O–H groups in total. The van der Waals surface area contributed by atoms with Crippen LogP contribution in [0.15, 0.2) is 42.5 Å². The van der Waals surface area contributed by atoms with Crippen LogP contribution in [0, 0.1) is 0 Å². The third kappa shape index (κ3) is 3.52. The van der Waals surface area contributed by atoms with Crippen molar-refractivity contribution in [3.05, 3.63) is 48.0 Å². The summed E-state index contributed by atoms with van der Waals surface area (Å²) in [5.41, 5.74) is 6.00. The van der Waals surface area contributed by atoms with E-state index in [2.05, 4.69) is 5.32 Å². The summed E-state index contributed by atoms with van der Waals surface area (Å²) in [5.74, 6) is 0.724. The van der Waals surface area contributed by atoms with Gasteiger partial charge in [0, 0.05) is 17.3 Å². The number of ether oxygens (including phenoxy) is 3. The van der Waals surface area contributed by atoms with E-state index in [4.69, 9.17) is 19.9 Å². The van der Waals surface area contributed by atoms with Gasteiger partial charge in [-0.05, 0) is 30.3 Å². The first-order valence-electron chi connectivity index (χ1n) is 6.84. The Morgan fingerprint density at radius 1 is 1.13 bits per heavy atom. The lowest BCUT2D eigenvalue weighted by atomic mass is 10.2. The minimum absolute atomic E-state index is 0.152. The van der Waals surface area contributed by atoms with Crippen LogP contribution in [0.3, 0.4) is 0 Å². The smallest absolute Gasteiger partial charge is 0.255 e. The summed E-state index contributed by atoms with van der Waals surface area (Å²) in [4.78, 5) is 23.0. The highest BCUT2D eigenvalue weighted by Gasteiger charge is 2.16. The van der Waals surface area contributed by atoms with Crippen LogP contribution in [0.4, 0.5) is 5.69 Å². The molecule has 0 unspecified atom stereocenters. The molecule has 0 spiro atoms. The van der Waals surface area contributed by atoms with Gasteiger partial charge in [0.1, 0.15) is 5.75 Å². The molecule has 0 aliphatic carbocycles. The molecule has 7 heteroatoms. The van der Waals surface area contributed by atoms with Gasteiger partial charge in [0.05, 0.1) is 0 Å². The highest BCUT2D eigenvalue weighted by molar-refractivity contribution is 6.04. The number of carbonyl (C=O) groups excluding carboxylic acids is 2. The maximum absolute atomic E-state index is 12.3. The van der Waals surface area contributed by atoms with Crippen molar-refractivity contribution in [3.63, 3.8) is 0 Å². The molecule has 3 rings (SSSR count). The number of amides is 2. The van der Waals surface area contributed by atoms with Crippen molar-refractivity contribution >= 4 is 17.5 Å². The predicted octanol–water partition coefficient (Wildman–Crippen LogP) is 1.53. The van der Waals surface area contributed by atoms with E-state index >= 15 is 0 Å². The maximum atomic E-state index is 12.3.